The number of aryl methyl sites for hydroxylation is 3. The minimum Gasteiger partial charge on any atom is -0.378 e. The van der Waals surface area contributed by atoms with E-state index >= 15 is 0 Å². The number of rotatable bonds is 6. The Morgan fingerprint density at radius 3 is 1.96 bits per heavy atom. The van der Waals surface area contributed by atoms with Crippen LogP contribution in [0, 0.1) is 32.4 Å². The predicted octanol–water partition coefficient (Wildman–Crippen LogP) is 4.21. The standard InChI is InChI=1S/C18H19F5N2O2S/c1-10-7-11(2)17(12(3)8-10)28(26,27)25-15(18(21,22)23)9-24-16-13(19)5-4-6-14(16)20/h4-8,15,24-25H,9H2,1-3H3. The molecule has 10 heteroatoms. The largest absolute Gasteiger partial charge is 0.406 e. The van der Waals surface area contributed by atoms with Crippen molar-refractivity contribution in [1.29, 1.82) is 0 Å². The summed E-state index contributed by atoms with van der Waals surface area (Å²) in [6.45, 7) is 3.59. The number of benzene rings is 2. The Kier molecular flexibility index (Phi) is 6.34. The molecule has 0 saturated heterocycles. The molecule has 0 heterocycles. The van der Waals surface area contributed by atoms with Crippen molar-refractivity contribution in [2.24, 2.45) is 0 Å². The van der Waals surface area contributed by atoms with E-state index in [4.69, 9.17) is 0 Å². The van der Waals surface area contributed by atoms with Crippen LogP contribution in [0.4, 0.5) is 27.6 Å². The van der Waals surface area contributed by atoms with Gasteiger partial charge in [-0.1, -0.05) is 23.8 Å². The number of hydrogen-bond donors (Lipinski definition) is 2. The molecule has 0 aliphatic carbocycles. The van der Waals surface area contributed by atoms with Crippen LogP contribution in [0.25, 0.3) is 0 Å². The Bertz CT molecular complexity index is 931. The van der Waals surface area contributed by atoms with E-state index in [9.17, 15) is 30.4 Å². The van der Waals surface area contributed by atoms with E-state index < -0.39 is 46.1 Å². The fraction of sp³-hybridized carbons (Fsp3) is 0.333. The fourth-order valence-electron chi connectivity index (χ4n) is 2.93. The SMILES string of the molecule is Cc1cc(C)c(S(=O)(=O)NC(CNc2c(F)cccc2F)C(F)(F)F)c(C)c1. The number of sulfonamides is 1. The number of anilines is 1. The van der Waals surface area contributed by atoms with Crippen LogP contribution in [0.5, 0.6) is 0 Å². The first kappa shape index (κ1) is 22.1. The summed E-state index contributed by atoms with van der Waals surface area (Å²) >= 11 is 0. The minimum atomic E-state index is -4.99. The second-order valence-corrected chi connectivity index (χ2v) is 8.07. The van der Waals surface area contributed by atoms with Gasteiger partial charge in [0.15, 0.2) is 0 Å². The second kappa shape index (κ2) is 8.04. The summed E-state index contributed by atoms with van der Waals surface area (Å²) in [5.41, 5.74) is 0.578. The van der Waals surface area contributed by atoms with Gasteiger partial charge in [-0.3, -0.25) is 0 Å². The average Bonchev–Trinajstić information content (AvgIpc) is 2.50. The molecule has 2 rings (SSSR count). The molecule has 0 fully saturated rings. The van der Waals surface area contributed by atoms with Crippen molar-refractivity contribution in [3.8, 4) is 0 Å². The molecule has 1 atom stereocenters. The van der Waals surface area contributed by atoms with Gasteiger partial charge in [0.1, 0.15) is 23.4 Å². The van der Waals surface area contributed by atoms with E-state index in [0.29, 0.717) is 11.1 Å². The lowest BCUT2D eigenvalue weighted by Crippen LogP contribution is -2.49. The third-order valence-corrected chi connectivity index (χ3v) is 5.79. The molecule has 0 aromatic heterocycles. The molecule has 2 N–H and O–H groups in total. The molecule has 0 spiro atoms. The summed E-state index contributed by atoms with van der Waals surface area (Å²) in [4.78, 5) is -0.260. The Labute approximate surface area is 159 Å². The van der Waals surface area contributed by atoms with Crippen molar-refractivity contribution in [2.75, 3.05) is 11.9 Å². The maximum absolute atomic E-state index is 13.6. The highest BCUT2D eigenvalue weighted by atomic mass is 32.2. The van der Waals surface area contributed by atoms with Gasteiger partial charge in [0.25, 0.3) is 0 Å². The van der Waals surface area contributed by atoms with E-state index in [1.54, 1.807) is 11.6 Å². The number of para-hydroxylation sites is 1. The van der Waals surface area contributed by atoms with Crippen molar-refractivity contribution in [3.05, 3.63) is 58.7 Å². The van der Waals surface area contributed by atoms with Gasteiger partial charge in [-0.2, -0.15) is 17.9 Å². The van der Waals surface area contributed by atoms with E-state index in [0.717, 1.165) is 23.8 Å². The molecule has 0 aliphatic rings. The van der Waals surface area contributed by atoms with Gasteiger partial charge < -0.3 is 5.32 Å². The maximum atomic E-state index is 13.6. The first-order chi connectivity index (χ1) is 12.8. The molecule has 0 amide bonds. The molecule has 0 bridgehead atoms. The molecular weight excluding hydrogens is 403 g/mol. The third-order valence-electron chi connectivity index (χ3n) is 4.01. The zero-order valence-corrected chi connectivity index (χ0v) is 16.1. The van der Waals surface area contributed by atoms with Gasteiger partial charge in [-0.15, -0.1) is 0 Å². The third kappa shape index (κ3) is 4.99. The number of hydrogen-bond acceptors (Lipinski definition) is 3. The molecule has 28 heavy (non-hydrogen) atoms. The first-order valence-electron chi connectivity index (χ1n) is 8.17. The van der Waals surface area contributed by atoms with Gasteiger partial charge in [-0.05, 0) is 44.0 Å². The molecule has 0 aliphatic heterocycles. The highest BCUT2D eigenvalue weighted by Crippen LogP contribution is 2.27. The van der Waals surface area contributed by atoms with Gasteiger partial charge >= 0.3 is 6.18 Å². The Balaban J connectivity index is 2.32. The van der Waals surface area contributed by atoms with Crippen LogP contribution < -0.4 is 10.0 Å². The number of alkyl halides is 3. The zero-order chi connectivity index (χ0) is 21.3. The smallest absolute Gasteiger partial charge is 0.378 e. The molecular formula is C18H19F5N2O2S. The normalized spacial score (nSPS) is 13.4. The Morgan fingerprint density at radius 1 is 1.00 bits per heavy atom. The zero-order valence-electron chi connectivity index (χ0n) is 15.3. The predicted molar refractivity (Wildman–Crippen MR) is 95.7 cm³/mol. The van der Waals surface area contributed by atoms with E-state index in [-0.39, 0.29) is 4.90 Å². The van der Waals surface area contributed by atoms with Crippen LogP contribution in [-0.4, -0.2) is 27.2 Å². The van der Waals surface area contributed by atoms with Crippen molar-refractivity contribution >= 4 is 15.7 Å². The molecule has 2 aromatic rings. The maximum Gasteiger partial charge on any atom is 0.406 e. The van der Waals surface area contributed by atoms with Gasteiger partial charge in [0.2, 0.25) is 10.0 Å². The quantitative estimate of drug-likeness (QED) is 0.686. The summed E-state index contributed by atoms with van der Waals surface area (Å²) in [6.07, 6.45) is -4.99. The van der Waals surface area contributed by atoms with Gasteiger partial charge in [0, 0.05) is 6.54 Å². The van der Waals surface area contributed by atoms with Gasteiger partial charge in [-0.25, -0.2) is 17.2 Å². The summed E-state index contributed by atoms with van der Waals surface area (Å²) in [5.74, 6) is -2.18. The van der Waals surface area contributed by atoms with Crippen LogP contribution in [0.1, 0.15) is 16.7 Å². The lowest BCUT2D eigenvalue weighted by molar-refractivity contribution is -0.148. The molecule has 4 nitrogen and oxygen atoms in total. The van der Waals surface area contributed by atoms with Crippen molar-refractivity contribution in [3.63, 3.8) is 0 Å². The number of nitrogens with one attached hydrogen (secondary N) is 2. The second-order valence-electron chi connectivity index (χ2n) is 6.42. The van der Waals surface area contributed by atoms with Gasteiger partial charge in [0.05, 0.1) is 4.90 Å². The van der Waals surface area contributed by atoms with Crippen LogP contribution in [0.3, 0.4) is 0 Å². The van der Waals surface area contributed by atoms with Crippen LogP contribution in [0.2, 0.25) is 0 Å². The lowest BCUT2D eigenvalue weighted by Gasteiger charge is -2.24. The molecule has 2 aromatic carbocycles. The Morgan fingerprint density at radius 2 is 1.50 bits per heavy atom. The topological polar surface area (TPSA) is 58.2 Å². The summed E-state index contributed by atoms with van der Waals surface area (Å²) < 4.78 is 94.2. The monoisotopic (exact) mass is 422 g/mol. The van der Waals surface area contributed by atoms with E-state index in [2.05, 4.69) is 0 Å². The molecule has 0 radical (unpaired) electrons. The van der Waals surface area contributed by atoms with Crippen molar-refractivity contribution in [2.45, 2.75) is 37.9 Å². The number of halogens is 5. The lowest BCUT2D eigenvalue weighted by atomic mass is 10.1. The molecule has 154 valence electrons. The average molecular weight is 422 g/mol. The van der Waals surface area contributed by atoms with Crippen LogP contribution >= 0.6 is 0 Å². The summed E-state index contributed by atoms with van der Waals surface area (Å²) in [5, 5.41) is 2.00. The first-order valence-corrected chi connectivity index (χ1v) is 9.66. The van der Waals surface area contributed by atoms with Crippen molar-refractivity contribution in [1.82, 2.24) is 4.72 Å². The Hall–Kier alpha value is -2.20. The minimum absolute atomic E-state index is 0.260. The summed E-state index contributed by atoms with van der Waals surface area (Å²) in [7, 11) is -4.54. The van der Waals surface area contributed by atoms with Crippen LogP contribution in [0.15, 0.2) is 35.2 Å². The molecule has 1 unspecified atom stereocenters. The van der Waals surface area contributed by atoms with E-state index in [1.807, 2.05) is 5.32 Å². The highest BCUT2D eigenvalue weighted by Gasteiger charge is 2.43. The highest BCUT2D eigenvalue weighted by molar-refractivity contribution is 7.89. The van der Waals surface area contributed by atoms with E-state index in [1.165, 1.54) is 26.0 Å². The fourth-order valence-corrected chi connectivity index (χ4v) is 4.61. The molecule has 0 saturated carbocycles. The van der Waals surface area contributed by atoms with Crippen molar-refractivity contribution < 1.29 is 30.4 Å². The van der Waals surface area contributed by atoms with Crippen LogP contribution in [-0.2, 0) is 10.0 Å². The summed E-state index contributed by atoms with van der Waals surface area (Å²) in [6, 6.07) is 3.28.